The van der Waals surface area contributed by atoms with Gasteiger partial charge < -0.3 is 9.84 Å². The second-order valence-corrected chi connectivity index (χ2v) is 3.91. The Morgan fingerprint density at radius 2 is 2.47 bits per heavy atom. The van der Waals surface area contributed by atoms with Crippen molar-refractivity contribution in [1.29, 1.82) is 0 Å². The Labute approximate surface area is 91.8 Å². The molecule has 1 fully saturated rings. The molecule has 1 aromatic heterocycles. The number of carboxylic acids is 1. The second-order valence-electron chi connectivity index (χ2n) is 3.50. The minimum atomic E-state index is -0.790. The standard InChI is InChI=1S/C10H10ClNO3/c1-15-9-8(7(11)2-3-12-9)5-4-6(5)10(13)14/h2-3,5-6H,4H2,1H3,(H,13,14)/t5-,6-/m1/s1. The van der Waals surface area contributed by atoms with E-state index in [0.29, 0.717) is 22.9 Å². The zero-order chi connectivity index (χ0) is 11.0. The van der Waals surface area contributed by atoms with E-state index >= 15 is 0 Å². The van der Waals surface area contributed by atoms with Crippen LogP contribution in [0.3, 0.4) is 0 Å². The van der Waals surface area contributed by atoms with Crippen LogP contribution in [0.5, 0.6) is 5.88 Å². The number of carboxylic acid groups (broad SMARTS) is 1. The molecule has 1 saturated carbocycles. The Kier molecular flexibility index (Phi) is 2.52. The number of aromatic nitrogens is 1. The molecule has 1 N–H and O–H groups in total. The molecule has 0 bridgehead atoms. The van der Waals surface area contributed by atoms with E-state index in [-0.39, 0.29) is 11.8 Å². The van der Waals surface area contributed by atoms with Crippen LogP contribution in [0.15, 0.2) is 12.3 Å². The van der Waals surface area contributed by atoms with Crippen molar-refractivity contribution in [2.45, 2.75) is 12.3 Å². The lowest BCUT2D eigenvalue weighted by molar-refractivity contribution is -0.138. The van der Waals surface area contributed by atoms with Gasteiger partial charge in [-0.1, -0.05) is 11.6 Å². The summed E-state index contributed by atoms with van der Waals surface area (Å²) in [6.07, 6.45) is 2.15. The molecule has 0 saturated heterocycles. The van der Waals surface area contributed by atoms with Crippen molar-refractivity contribution in [2.24, 2.45) is 5.92 Å². The zero-order valence-electron chi connectivity index (χ0n) is 8.11. The van der Waals surface area contributed by atoms with Gasteiger partial charge in [-0.2, -0.15) is 0 Å². The molecule has 2 atom stereocenters. The molecule has 1 aliphatic carbocycles. The Morgan fingerprint density at radius 1 is 1.73 bits per heavy atom. The molecular weight excluding hydrogens is 218 g/mol. The molecule has 15 heavy (non-hydrogen) atoms. The van der Waals surface area contributed by atoms with Crippen LogP contribution >= 0.6 is 11.6 Å². The minimum absolute atomic E-state index is 0.0568. The fourth-order valence-electron chi connectivity index (χ4n) is 1.72. The van der Waals surface area contributed by atoms with Crippen molar-refractivity contribution in [3.05, 3.63) is 22.8 Å². The van der Waals surface area contributed by atoms with Crippen LogP contribution in [-0.4, -0.2) is 23.2 Å². The van der Waals surface area contributed by atoms with Crippen molar-refractivity contribution < 1.29 is 14.6 Å². The minimum Gasteiger partial charge on any atom is -0.481 e. The Balaban J connectivity index is 2.33. The van der Waals surface area contributed by atoms with E-state index < -0.39 is 5.97 Å². The van der Waals surface area contributed by atoms with Crippen LogP contribution < -0.4 is 4.74 Å². The molecule has 0 amide bonds. The molecule has 1 heterocycles. The Morgan fingerprint density at radius 3 is 3.00 bits per heavy atom. The van der Waals surface area contributed by atoms with Gasteiger partial charge in [0.2, 0.25) is 5.88 Å². The SMILES string of the molecule is COc1nccc(Cl)c1[C@@H]1C[C@H]1C(=O)O. The van der Waals surface area contributed by atoms with Crippen molar-refractivity contribution >= 4 is 17.6 Å². The average Bonchev–Trinajstić information content (AvgIpc) is 2.96. The van der Waals surface area contributed by atoms with Gasteiger partial charge in [0.05, 0.1) is 18.1 Å². The van der Waals surface area contributed by atoms with Crippen LogP contribution in [0.1, 0.15) is 17.9 Å². The zero-order valence-corrected chi connectivity index (χ0v) is 8.86. The van der Waals surface area contributed by atoms with E-state index in [2.05, 4.69) is 4.98 Å². The highest BCUT2D eigenvalue weighted by molar-refractivity contribution is 6.31. The first kappa shape index (κ1) is 10.2. The number of carbonyl (C=O) groups is 1. The highest BCUT2D eigenvalue weighted by Crippen LogP contribution is 2.52. The first-order valence-corrected chi connectivity index (χ1v) is 4.94. The van der Waals surface area contributed by atoms with Crippen LogP contribution in [0, 0.1) is 5.92 Å². The fourth-order valence-corrected chi connectivity index (χ4v) is 1.99. The lowest BCUT2D eigenvalue weighted by Gasteiger charge is -2.07. The smallest absolute Gasteiger partial charge is 0.307 e. The molecular formula is C10H10ClNO3. The molecule has 0 aromatic carbocycles. The first-order chi connectivity index (χ1) is 7.15. The van der Waals surface area contributed by atoms with Gasteiger partial charge in [-0.3, -0.25) is 4.79 Å². The Hall–Kier alpha value is -1.29. The van der Waals surface area contributed by atoms with Gasteiger partial charge in [-0.25, -0.2) is 4.98 Å². The molecule has 1 aliphatic rings. The van der Waals surface area contributed by atoms with Gasteiger partial charge in [0.1, 0.15) is 0 Å². The summed E-state index contributed by atoms with van der Waals surface area (Å²) in [4.78, 5) is 14.8. The number of ether oxygens (including phenoxy) is 1. The topological polar surface area (TPSA) is 59.4 Å². The number of hydrogen-bond acceptors (Lipinski definition) is 3. The lowest BCUT2D eigenvalue weighted by Crippen LogP contribution is -2.01. The molecule has 4 nitrogen and oxygen atoms in total. The number of aliphatic carboxylic acids is 1. The highest BCUT2D eigenvalue weighted by atomic mass is 35.5. The van der Waals surface area contributed by atoms with Gasteiger partial charge in [0.15, 0.2) is 0 Å². The van der Waals surface area contributed by atoms with E-state index in [1.54, 1.807) is 12.3 Å². The molecule has 80 valence electrons. The average molecular weight is 228 g/mol. The summed E-state index contributed by atoms with van der Waals surface area (Å²) in [6.45, 7) is 0. The maximum Gasteiger partial charge on any atom is 0.307 e. The number of methoxy groups -OCH3 is 1. The number of pyridine rings is 1. The highest BCUT2D eigenvalue weighted by Gasteiger charge is 2.46. The normalized spacial score (nSPS) is 23.6. The maximum atomic E-state index is 10.8. The molecule has 0 aliphatic heterocycles. The van der Waals surface area contributed by atoms with Crippen LogP contribution in [-0.2, 0) is 4.79 Å². The van der Waals surface area contributed by atoms with Gasteiger partial charge in [-0.15, -0.1) is 0 Å². The molecule has 0 spiro atoms. The van der Waals surface area contributed by atoms with Crippen molar-refractivity contribution in [1.82, 2.24) is 4.98 Å². The summed E-state index contributed by atoms with van der Waals surface area (Å²) in [6, 6.07) is 1.65. The summed E-state index contributed by atoms with van der Waals surface area (Å²) in [5.41, 5.74) is 0.717. The number of hydrogen-bond donors (Lipinski definition) is 1. The van der Waals surface area contributed by atoms with E-state index in [9.17, 15) is 4.79 Å². The predicted octanol–water partition coefficient (Wildman–Crippen LogP) is 1.93. The maximum absolute atomic E-state index is 10.8. The van der Waals surface area contributed by atoms with Crippen molar-refractivity contribution in [3.8, 4) is 5.88 Å². The van der Waals surface area contributed by atoms with Crippen LogP contribution in [0.2, 0.25) is 5.02 Å². The second kappa shape index (κ2) is 3.70. The third-order valence-corrected chi connectivity index (χ3v) is 2.90. The van der Waals surface area contributed by atoms with E-state index in [0.717, 1.165) is 0 Å². The number of rotatable bonds is 3. The molecule has 0 unspecified atom stereocenters. The van der Waals surface area contributed by atoms with Crippen molar-refractivity contribution in [2.75, 3.05) is 7.11 Å². The monoisotopic (exact) mass is 227 g/mol. The summed E-state index contributed by atoms with van der Waals surface area (Å²) in [5.74, 6) is -0.766. The number of nitrogens with zero attached hydrogens (tertiary/aromatic N) is 1. The summed E-state index contributed by atoms with van der Waals surface area (Å²) in [5, 5.41) is 9.36. The summed E-state index contributed by atoms with van der Waals surface area (Å²) < 4.78 is 5.07. The summed E-state index contributed by atoms with van der Waals surface area (Å²) >= 11 is 6.00. The molecule has 5 heteroatoms. The Bertz CT molecular complexity index is 408. The van der Waals surface area contributed by atoms with Gasteiger partial charge >= 0.3 is 5.97 Å². The van der Waals surface area contributed by atoms with Crippen LogP contribution in [0.4, 0.5) is 0 Å². The molecule has 2 rings (SSSR count). The molecule has 0 radical (unpaired) electrons. The third-order valence-electron chi connectivity index (χ3n) is 2.57. The third kappa shape index (κ3) is 1.77. The van der Waals surface area contributed by atoms with E-state index in [1.807, 2.05) is 0 Å². The van der Waals surface area contributed by atoms with Crippen molar-refractivity contribution in [3.63, 3.8) is 0 Å². The van der Waals surface area contributed by atoms with E-state index in [1.165, 1.54) is 7.11 Å². The van der Waals surface area contributed by atoms with Gasteiger partial charge in [0, 0.05) is 17.7 Å². The van der Waals surface area contributed by atoms with Gasteiger partial charge in [0.25, 0.3) is 0 Å². The number of halogens is 1. The predicted molar refractivity (Wildman–Crippen MR) is 54.3 cm³/mol. The largest absolute Gasteiger partial charge is 0.481 e. The van der Waals surface area contributed by atoms with Gasteiger partial charge in [-0.05, 0) is 12.5 Å². The fraction of sp³-hybridized carbons (Fsp3) is 0.400. The first-order valence-electron chi connectivity index (χ1n) is 4.56. The van der Waals surface area contributed by atoms with Crippen LogP contribution in [0.25, 0.3) is 0 Å². The lowest BCUT2D eigenvalue weighted by atomic mass is 10.1. The summed E-state index contributed by atoms with van der Waals surface area (Å²) in [7, 11) is 1.50. The van der Waals surface area contributed by atoms with E-state index in [4.69, 9.17) is 21.4 Å². The molecule has 1 aromatic rings. The quantitative estimate of drug-likeness (QED) is 0.857.